The highest BCUT2D eigenvalue weighted by Crippen LogP contribution is 2.28. The van der Waals surface area contributed by atoms with E-state index in [9.17, 15) is 0 Å². The summed E-state index contributed by atoms with van der Waals surface area (Å²) in [5.41, 5.74) is 1.67. The number of halogens is 2. The second kappa shape index (κ2) is 7.47. The Hall–Kier alpha value is -2.37. The van der Waals surface area contributed by atoms with Crippen molar-refractivity contribution in [2.24, 2.45) is 0 Å². The molecule has 24 heavy (non-hydrogen) atoms. The number of hydrogen-bond donors (Lipinski definition) is 2. The summed E-state index contributed by atoms with van der Waals surface area (Å²) in [5.74, 6) is 2.00. The van der Waals surface area contributed by atoms with Crippen molar-refractivity contribution in [1.29, 1.82) is 0 Å². The first kappa shape index (κ1) is 16.5. The first-order chi connectivity index (χ1) is 11.6. The van der Waals surface area contributed by atoms with Gasteiger partial charge in [-0.05, 0) is 37.3 Å². The Morgan fingerprint density at radius 1 is 1.00 bits per heavy atom. The first-order valence-corrected chi connectivity index (χ1v) is 8.07. The van der Waals surface area contributed by atoms with Crippen LogP contribution in [0.5, 0.6) is 0 Å². The summed E-state index contributed by atoms with van der Waals surface area (Å²) in [6.07, 6.45) is 1.76. The summed E-state index contributed by atoms with van der Waals surface area (Å²) in [7, 11) is 0. The van der Waals surface area contributed by atoms with E-state index in [1.807, 2.05) is 37.3 Å². The molecule has 0 saturated carbocycles. The number of nitrogens with one attached hydrogen (secondary N) is 2. The Bertz CT molecular complexity index is 840. The largest absolute Gasteiger partial charge is 0.364 e. The molecule has 0 unspecified atom stereocenters. The summed E-state index contributed by atoms with van der Waals surface area (Å²) < 4.78 is 0. The summed E-state index contributed by atoms with van der Waals surface area (Å²) in [5, 5.41) is 7.54. The Kier molecular flexibility index (Phi) is 5.13. The summed E-state index contributed by atoms with van der Waals surface area (Å²) >= 11 is 12.1. The number of aromatic nitrogens is 3. The molecule has 0 spiro atoms. The van der Waals surface area contributed by atoms with Crippen LogP contribution in [-0.4, -0.2) is 15.0 Å². The molecule has 0 fully saturated rings. The molecule has 7 heteroatoms. The standard InChI is InChI=1S/C17H15Cl2N5/c1-11-22-16(21-10-13-4-2-3-7-20-13)9-17(23-11)24-15-6-5-12(18)8-14(15)19/h2-9H,10H2,1H3,(H2,21,22,23,24). The maximum absolute atomic E-state index is 6.19. The van der Waals surface area contributed by atoms with E-state index in [1.54, 1.807) is 18.3 Å². The van der Waals surface area contributed by atoms with Gasteiger partial charge in [0.2, 0.25) is 0 Å². The van der Waals surface area contributed by atoms with Gasteiger partial charge in [-0.15, -0.1) is 0 Å². The maximum Gasteiger partial charge on any atom is 0.136 e. The van der Waals surface area contributed by atoms with Crippen molar-refractivity contribution in [2.45, 2.75) is 13.5 Å². The molecule has 0 aliphatic carbocycles. The lowest BCUT2D eigenvalue weighted by atomic mass is 10.3. The molecule has 0 amide bonds. The number of anilines is 3. The Balaban J connectivity index is 1.76. The van der Waals surface area contributed by atoms with Crippen molar-refractivity contribution >= 4 is 40.5 Å². The lowest BCUT2D eigenvalue weighted by Gasteiger charge is -2.11. The van der Waals surface area contributed by atoms with Gasteiger partial charge in [0.05, 0.1) is 22.9 Å². The topological polar surface area (TPSA) is 62.7 Å². The fourth-order valence-corrected chi connectivity index (χ4v) is 2.59. The Morgan fingerprint density at radius 3 is 2.58 bits per heavy atom. The average molecular weight is 360 g/mol. The molecule has 0 atom stereocenters. The molecule has 0 saturated heterocycles. The monoisotopic (exact) mass is 359 g/mol. The van der Waals surface area contributed by atoms with Gasteiger partial charge in [0.25, 0.3) is 0 Å². The molecule has 2 N–H and O–H groups in total. The van der Waals surface area contributed by atoms with E-state index < -0.39 is 0 Å². The van der Waals surface area contributed by atoms with Crippen LogP contribution >= 0.6 is 23.2 Å². The molecule has 3 rings (SSSR count). The van der Waals surface area contributed by atoms with Crippen LogP contribution in [0.2, 0.25) is 10.0 Å². The van der Waals surface area contributed by atoms with Crippen molar-refractivity contribution in [1.82, 2.24) is 15.0 Å². The van der Waals surface area contributed by atoms with Crippen molar-refractivity contribution in [3.63, 3.8) is 0 Å². The normalized spacial score (nSPS) is 10.5. The highest BCUT2D eigenvalue weighted by molar-refractivity contribution is 6.36. The van der Waals surface area contributed by atoms with Crippen molar-refractivity contribution < 1.29 is 0 Å². The smallest absolute Gasteiger partial charge is 0.136 e. The zero-order chi connectivity index (χ0) is 16.9. The van der Waals surface area contributed by atoms with Gasteiger partial charge < -0.3 is 10.6 Å². The summed E-state index contributed by atoms with van der Waals surface area (Å²) in [4.78, 5) is 13.0. The molecule has 5 nitrogen and oxygen atoms in total. The number of rotatable bonds is 5. The molecule has 122 valence electrons. The Morgan fingerprint density at radius 2 is 1.83 bits per heavy atom. The minimum atomic E-state index is 0.529. The quantitative estimate of drug-likeness (QED) is 0.682. The molecule has 0 aliphatic rings. The van der Waals surface area contributed by atoms with Gasteiger partial charge in [-0.3, -0.25) is 4.98 Å². The molecule has 0 aliphatic heterocycles. The highest BCUT2D eigenvalue weighted by atomic mass is 35.5. The molecule has 0 radical (unpaired) electrons. The number of aryl methyl sites for hydroxylation is 1. The van der Waals surface area contributed by atoms with Crippen LogP contribution in [0.3, 0.4) is 0 Å². The lowest BCUT2D eigenvalue weighted by Crippen LogP contribution is -2.06. The zero-order valence-corrected chi connectivity index (χ0v) is 14.4. The van der Waals surface area contributed by atoms with Crippen LogP contribution in [0.1, 0.15) is 11.5 Å². The lowest BCUT2D eigenvalue weighted by molar-refractivity contribution is 0.996. The molecular weight excluding hydrogens is 345 g/mol. The van der Waals surface area contributed by atoms with E-state index >= 15 is 0 Å². The fraction of sp³-hybridized carbons (Fsp3) is 0.118. The minimum absolute atomic E-state index is 0.529. The highest BCUT2D eigenvalue weighted by Gasteiger charge is 2.06. The van der Waals surface area contributed by atoms with Crippen LogP contribution in [0, 0.1) is 6.92 Å². The molecule has 2 heterocycles. The van der Waals surface area contributed by atoms with Gasteiger partial charge in [0.1, 0.15) is 17.5 Å². The van der Waals surface area contributed by atoms with E-state index in [-0.39, 0.29) is 0 Å². The van der Waals surface area contributed by atoms with Gasteiger partial charge in [0.15, 0.2) is 0 Å². The van der Waals surface area contributed by atoms with Crippen molar-refractivity contribution in [2.75, 3.05) is 10.6 Å². The van der Waals surface area contributed by atoms with E-state index in [2.05, 4.69) is 25.6 Å². The SMILES string of the molecule is Cc1nc(NCc2ccccn2)cc(Nc2ccc(Cl)cc2Cl)n1. The molecular formula is C17H15Cl2N5. The maximum atomic E-state index is 6.19. The zero-order valence-electron chi connectivity index (χ0n) is 12.9. The van der Waals surface area contributed by atoms with Crippen molar-refractivity contribution in [3.8, 4) is 0 Å². The number of hydrogen-bond acceptors (Lipinski definition) is 5. The molecule has 1 aromatic carbocycles. The van der Waals surface area contributed by atoms with Gasteiger partial charge >= 0.3 is 0 Å². The van der Waals surface area contributed by atoms with Gasteiger partial charge in [-0.2, -0.15) is 0 Å². The number of pyridine rings is 1. The molecule has 3 aromatic rings. The average Bonchev–Trinajstić information content (AvgIpc) is 2.56. The fourth-order valence-electron chi connectivity index (χ4n) is 2.13. The van der Waals surface area contributed by atoms with Crippen LogP contribution < -0.4 is 10.6 Å². The predicted molar refractivity (Wildman–Crippen MR) is 98.1 cm³/mol. The van der Waals surface area contributed by atoms with Gasteiger partial charge in [0, 0.05) is 17.3 Å². The molecule has 0 bridgehead atoms. The number of nitrogens with zero attached hydrogens (tertiary/aromatic N) is 3. The summed E-state index contributed by atoms with van der Waals surface area (Å²) in [6.45, 7) is 2.42. The van der Waals surface area contributed by atoms with E-state index in [0.29, 0.717) is 34.1 Å². The van der Waals surface area contributed by atoms with Crippen LogP contribution in [0.15, 0.2) is 48.7 Å². The van der Waals surface area contributed by atoms with E-state index in [0.717, 1.165) is 11.4 Å². The van der Waals surface area contributed by atoms with E-state index in [1.165, 1.54) is 0 Å². The Labute approximate surface area is 150 Å². The van der Waals surface area contributed by atoms with Crippen molar-refractivity contribution in [3.05, 3.63) is 70.2 Å². The number of benzene rings is 1. The van der Waals surface area contributed by atoms with Gasteiger partial charge in [-0.1, -0.05) is 29.3 Å². The van der Waals surface area contributed by atoms with Crippen LogP contribution in [0.4, 0.5) is 17.3 Å². The first-order valence-electron chi connectivity index (χ1n) is 7.32. The molecule has 2 aromatic heterocycles. The third kappa shape index (κ3) is 4.34. The van der Waals surface area contributed by atoms with Crippen LogP contribution in [0.25, 0.3) is 0 Å². The van der Waals surface area contributed by atoms with Gasteiger partial charge in [-0.25, -0.2) is 9.97 Å². The minimum Gasteiger partial charge on any atom is -0.364 e. The van der Waals surface area contributed by atoms with Crippen LogP contribution in [-0.2, 0) is 6.54 Å². The second-order valence-corrected chi connectivity index (χ2v) is 5.95. The summed E-state index contributed by atoms with van der Waals surface area (Å²) in [6, 6.07) is 12.9. The predicted octanol–water partition coefficient (Wildman–Crippen LogP) is 4.84. The second-order valence-electron chi connectivity index (χ2n) is 5.11. The third-order valence-electron chi connectivity index (χ3n) is 3.21. The third-order valence-corrected chi connectivity index (χ3v) is 3.76. The van der Waals surface area contributed by atoms with E-state index in [4.69, 9.17) is 23.2 Å².